The number of hydrogen-bond donors (Lipinski definition) is 1. The Kier molecular flexibility index (Phi) is 4.71. The highest BCUT2D eigenvalue weighted by atomic mass is 32.1. The maximum atomic E-state index is 12.7. The van der Waals surface area contributed by atoms with Gasteiger partial charge in [-0.25, -0.2) is 4.98 Å². The van der Waals surface area contributed by atoms with Crippen molar-refractivity contribution in [2.24, 2.45) is 0 Å². The maximum Gasteiger partial charge on any atom is 0.257 e. The van der Waals surface area contributed by atoms with Crippen LogP contribution in [0.25, 0.3) is 11.3 Å². The second kappa shape index (κ2) is 7.29. The third-order valence-corrected chi connectivity index (χ3v) is 5.43. The average molecular weight is 368 g/mol. The van der Waals surface area contributed by atoms with Crippen LogP contribution in [0.5, 0.6) is 0 Å². The highest BCUT2D eigenvalue weighted by Gasteiger charge is 2.22. The fourth-order valence-corrected chi connectivity index (χ4v) is 4.00. The number of rotatable bonds is 5. The average Bonchev–Trinajstić information content (AvgIpc) is 3.40. The third-order valence-electron chi connectivity index (χ3n) is 4.48. The van der Waals surface area contributed by atoms with Gasteiger partial charge in [0.15, 0.2) is 5.13 Å². The molecule has 0 spiro atoms. The molecule has 2 aromatic heterocycles. The Bertz CT molecular complexity index is 897. The van der Waals surface area contributed by atoms with Crippen molar-refractivity contribution in [2.75, 3.05) is 18.0 Å². The van der Waals surface area contributed by atoms with Crippen LogP contribution >= 0.6 is 11.3 Å². The first-order valence-corrected chi connectivity index (χ1v) is 9.59. The minimum Gasteiger partial charge on any atom is -0.360 e. The van der Waals surface area contributed by atoms with Crippen molar-refractivity contribution >= 4 is 22.4 Å². The van der Waals surface area contributed by atoms with Gasteiger partial charge in [-0.2, -0.15) is 0 Å². The number of nitrogens with zero attached hydrogens (tertiary/aromatic N) is 3. The van der Waals surface area contributed by atoms with E-state index in [0.29, 0.717) is 23.6 Å². The molecule has 0 radical (unpaired) electrons. The number of nitrogens with one attached hydrogen (secondary N) is 1. The van der Waals surface area contributed by atoms with Crippen molar-refractivity contribution in [3.8, 4) is 11.3 Å². The number of aryl methyl sites for hydroxylation is 1. The van der Waals surface area contributed by atoms with Gasteiger partial charge in [0, 0.05) is 24.0 Å². The molecule has 1 fully saturated rings. The molecule has 4 rings (SSSR count). The van der Waals surface area contributed by atoms with E-state index in [-0.39, 0.29) is 5.91 Å². The molecule has 3 aromatic rings. The zero-order chi connectivity index (χ0) is 17.9. The molecule has 1 aromatic carbocycles. The number of aromatic nitrogens is 2. The lowest BCUT2D eigenvalue weighted by Gasteiger charge is -2.12. The van der Waals surface area contributed by atoms with Crippen molar-refractivity contribution in [3.63, 3.8) is 0 Å². The summed E-state index contributed by atoms with van der Waals surface area (Å²) in [5.41, 5.74) is 2.78. The molecular formula is C19H20N4O2S. The summed E-state index contributed by atoms with van der Waals surface area (Å²) in [6.07, 6.45) is 2.45. The molecule has 1 amide bonds. The van der Waals surface area contributed by atoms with Gasteiger partial charge >= 0.3 is 0 Å². The summed E-state index contributed by atoms with van der Waals surface area (Å²) in [7, 11) is 0. The van der Waals surface area contributed by atoms with Crippen LogP contribution in [0.2, 0.25) is 0 Å². The van der Waals surface area contributed by atoms with Gasteiger partial charge in [0.2, 0.25) is 0 Å². The summed E-state index contributed by atoms with van der Waals surface area (Å²) < 4.78 is 5.26. The molecule has 6 nitrogen and oxygen atoms in total. The normalized spacial score (nSPS) is 14.0. The van der Waals surface area contributed by atoms with Gasteiger partial charge in [-0.1, -0.05) is 35.5 Å². The van der Waals surface area contributed by atoms with Crippen LogP contribution < -0.4 is 10.2 Å². The van der Waals surface area contributed by atoms with Gasteiger partial charge in [-0.05, 0) is 19.8 Å². The predicted octanol–water partition coefficient (Wildman–Crippen LogP) is 3.64. The zero-order valence-electron chi connectivity index (χ0n) is 14.6. The number of amides is 1. The van der Waals surface area contributed by atoms with Crippen LogP contribution in [0.3, 0.4) is 0 Å². The maximum absolute atomic E-state index is 12.7. The van der Waals surface area contributed by atoms with Crippen LogP contribution in [0, 0.1) is 6.92 Å². The van der Waals surface area contributed by atoms with Gasteiger partial charge in [0.05, 0.1) is 12.2 Å². The quantitative estimate of drug-likeness (QED) is 0.744. The third kappa shape index (κ3) is 3.35. The molecule has 1 aliphatic heterocycles. The van der Waals surface area contributed by atoms with Crippen molar-refractivity contribution in [2.45, 2.75) is 26.3 Å². The Morgan fingerprint density at radius 3 is 2.81 bits per heavy atom. The number of anilines is 1. The predicted molar refractivity (Wildman–Crippen MR) is 101 cm³/mol. The minimum atomic E-state index is -0.196. The molecule has 0 bridgehead atoms. The molecular weight excluding hydrogens is 348 g/mol. The van der Waals surface area contributed by atoms with E-state index in [9.17, 15) is 4.79 Å². The van der Waals surface area contributed by atoms with E-state index < -0.39 is 0 Å². The molecule has 0 aliphatic carbocycles. The van der Waals surface area contributed by atoms with Crippen molar-refractivity contribution in [1.29, 1.82) is 0 Å². The van der Waals surface area contributed by atoms with Crippen LogP contribution in [-0.4, -0.2) is 29.1 Å². The van der Waals surface area contributed by atoms with E-state index >= 15 is 0 Å². The molecule has 1 N–H and O–H groups in total. The molecule has 1 aliphatic rings. The van der Waals surface area contributed by atoms with E-state index in [1.807, 2.05) is 35.7 Å². The molecule has 26 heavy (non-hydrogen) atoms. The van der Waals surface area contributed by atoms with Gasteiger partial charge < -0.3 is 14.7 Å². The molecule has 0 unspecified atom stereocenters. The SMILES string of the molecule is Cc1onc(-c2ccccc2)c1C(=O)NCc1csc(N2CCCC2)n1. The van der Waals surface area contributed by atoms with Gasteiger partial charge in [0.1, 0.15) is 17.0 Å². The number of carbonyl (C=O) groups excluding carboxylic acids is 1. The molecule has 3 heterocycles. The smallest absolute Gasteiger partial charge is 0.257 e. The van der Waals surface area contributed by atoms with Crippen LogP contribution in [0.1, 0.15) is 34.7 Å². The lowest BCUT2D eigenvalue weighted by molar-refractivity contribution is 0.0949. The van der Waals surface area contributed by atoms with E-state index in [2.05, 4.69) is 20.4 Å². The second-order valence-corrected chi connectivity index (χ2v) is 7.16. The van der Waals surface area contributed by atoms with Crippen LogP contribution in [0.4, 0.5) is 5.13 Å². The Hall–Kier alpha value is -2.67. The molecule has 7 heteroatoms. The summed E-state index contributed by atoms with van der Waals surface area (Å²) in [5, 5.41) is 10.1. The highest BCUT2D eigenvalue weighted by molar-refractivity contribution is 7.13. The largest absolute Gasteiger partial charge is 0.360 e. The molecule has 0 saturated carbocycles. The van der Waals surface area contributed by atoms with Gasteiger partial charge in [-0.15, -0.1) is 11.3 Å². The monoisotopic (exact) mass is 368 g/mol. The fourth-order valence-electron chi connectivity index (χ4n) is 3.12. The standard InChI is InChI=1S/C19H20N4O2S/c1-13-16(17(22-25-13)14-7-3-2-4-8-14)18(24)20-11-15-12-26-19(21-15)23-9-5-6-10-23/h2-4,7-8,12H,5-6,9-11H2,1H3,(H,20,24). The van der Waals surface area contributed by atoms with Crippen LogP contribution in [0.15, 0.2) is 40.2 Å². The molecule has 0 atom stereocenters. The first-order chi connectivity index (χ1) is 12.7. The summed E-state index contributed by atoms with van der Waals surface area (Å²) >= 11 is 1.63. The topological polar surface area (TPSA) is 71.3 Å². The van der Waals surface area contributed by atoms with Crippen molar-refractivity contribution in [3.05, 3.63) is 52.7 Å². The van der Waals surface area contributed by atoms with E-state index in [1.54, 1.807) is 18.3 Å². The highest BCUT2D eigenvalue weighted by Crippen LogP contribution is 2.26. The van der Waals surface area contributed by atoms with E-state index in [4.69, 9.17) is 4.52 Å². The number of hydrogen-bond acceptors (Lipinski definition) is 6. The van der Waals surface area contributed by atoms with Crippen LogP contribution in [-0.2, 0) is 6.54 Å². The summed E-state index contributed by atoms with van der Waals surface area (Å²) in [6, 6.07) is 9.58. The lowest BCUT2D eigenvalue weighted by atomic mass is 10.1. The fraction of sp³-hybridized carbons (Fsp3) is 0.316. The van der Waals surface area contributed by atoms with Crippen molar-refractivity contribution < 1.29 is 9.32 Å². The summed E-state index contributed by atoms with van der Waals surface area (Å²) in [6.45, 7) is 4.28. The first kappa shape index (κ1) is 16.8. The van der Waals surface area contributed by atoms with Crippen molar-refractivity contribution in [1.82, 2.24) is 15.5 Å². The summed E-state index contributed by atoms with van der Waals surface area (Å²) in [5.74, 6) is 0.315. The molecule has 1 saturated heterocycles. The Morgan fingerprint density at radius 1 is 1.27 bits per heavy atom. The Labute approximate surface area is 155 Å². The Balaban J connectivity index is 1.47. The lowest BCUT2D eigenvalue weighted by Crippen LogP contribution is -2.24. The zero-order valence-corrected chi connectivity index (χ0v) is 15.4. The number of carbonyl (C=O) groups is 1. The van der Waals surface area contributed by atoms with Gasteiger partial charge in [0.25, 0.3) is 5.91 Å². The number of benzene rings is 1. The first-order valence-electron chi connectivity index (χ1n) is 8.71. The second-order valence-electron chi connectivity index (χ2n) is 6.33. The number of thiazole rings is 1. The van der Waals surface area contributed by atoms with Gasteiger partial charge in [-0.3, -0.25) is 4.79 Å². The van der Waals surface area contributed by atoms with E-state index in [1.165, 1.54) is 12.8 Å². The molecule has 134 valence electrons. The Morgan fingerprint density at radius 2 is 2.04 bits per heavy atom. The minimum absolute atomic E-state index is 0.196. The summed E-state index contributed by atoms with van der Waals surface area (Å²) in [4.78, 5) is 19.6. The van der Waals surface area contributed by atoms with E-state index in [0.717, 1.165) is 29.5 Å².